The fourth-order valence-corrected chi connectivity index (χ4v) is 3.09. The first-order valence-electron chi connectivity index (χ1n) is 7.97. The van der Waals surface area contributed by atoms with Crippen LogP contribution in [-0.2, 0) is 4.74 Å². The molecule has 0 aromatic carbocycles. The van der Waals surface area contributed by atoms with Crippen LogP contribution in [0.4, 0.5) is 0 Å². The van der Waals surface area contributed by atoms with Gasteiger partial charge in [0.25, 0.3) is 0 Å². The van der Waals surface area contributed by atoms with Gasteiger partial charge in [-0.25, -0.2) is 0 Å². The fraction of sp³-hybridized carbons (Fsp3) is 0.933. The van der Waals surface area contributed by atoms with E-state index in [9.17, 15) is 0 Å². The van der Waals surface area contributed by atoms with Crippen LogP contribution in [0.15, 0.2) is 4.99 Å². The molecule has 3 rings (SSSR count). The van der Waals surface area contributed by atoms with Crippen molar-refractivity contribution >= 4 is 5.96 Å². The van der Waals surface area contributed by atoms with Crippen molar-refractivity contribution in [1.29, 1.82) is 0 Å². The third-order valence-electron chi connectivity index (χ3n) is 4.74. The van der Waals surface area contributed by atoms with E-state index in [1.165, 1.54) is 38.8 Å². The first-order chi connectivity index (χ1) is 9.68. The summed E-state index contributed by atoms with van der Waals surface area (Å²) in [4.78, 5) is 7.00. The highest BCUT2D eigenvalue weighted by atomic mass is 16.5. The van der Waals surface area contributed by atoms with Gasteiger partial charge in [-0.2, -0.15) is 0 Å². The lowest BCUT2D eigenvalue weighted by atomic mass is 9.89. The van der Waals surface area contributed by atoms with E-state index in [0.29, 0.717) is 6.04 Å². The summed E-state index contributed by atoms with van der Waals surface area (Å²) in [6.45, 7) is 7.39. The van der Waals surface area contributed by atoms with Crippen LogP contribution in [0, 0.1) is 5.41 Å². The lowest BCUT2D eigenvalue weighted by Crippen LogP contribution is -2.53. The highest BCUT2D eigenvalue weighted by Crippen LogP contribution is 2.29. The molecule has 5 nitrogen and oxygen atoms in total. The molecule has 2 N–H and O–H groups in total. The summed E-state index contributed by atoms with van der Waals surface area (Å²) in [5, 5.41) is 7.03. The first-order valence-corrected chi connectivity index (χ1v) is 7.97. The molecule has 0 spiro atoms. The van der Waals surface area contributed by atoms with Crippen LogP contribution in [-0.4, -0.2) is 62.8 Å². The second kappa shape index (κ2) is 5.90. The average Bonchev–Trinajstić information content (AvgIpc) is 3.26. The van der Waals surface area contributed by atoms with Gasteiger partial charge in [0.05, 0.1) is 13.2 Å². The van der Waals surface area contributed by atoms with Crippen LogP contribution in [0.25, 0.3) is 0 Å². The van der Waals surface area contributed by atoms with Crippen molar-refractivity contribution in [3.63, 3.8) is 0 Å². The number of rotatable bonds is 4. The van der Waals surface area contributed by atoms with Gasteiger partial charge in [-0.1, -0.05) is 6.92 Å². The molecule has 0 bridgehead atoms. The summed E-state index contributed by atoms with van der Waals surface area (Å²) < 4.78 is 5.29. The van der Waals surface area contributed by atoms with Crippen LogP contribution in [0.3, 0.4) is 0 Å². The molecule has 0 radical (unpaired) electrons. The predicted molar refractivity (Wildman–Crippen MR) is 81.0 cm³/mol. The molecule has 3 aliphatic rings. The maximum absolute atomic E-state index is 5.29. The van der Waals surface area contributed by atoms with Crippen LogP contribution in [0.5, 0.6) is 0 Å². The molecule has 5 heteroatoms. The third-order valence-corrected chi connectivity index (χ3v) is 4.74. The SMILES string of the molecule is CN=C(NCC1(C)COC1)NC1CCN(C2CC2)CC1. The molecular weight excluding hydrogens is 252 g/mol. The number of hydrogen-bond donors (Lipinski definition) is 2. The average molecular weight is 280 g/mol. The molecule has 0 aromatic heterocycles. The van der Waals surface area contributed by atoms with Gasteiger partial charge in [0, 0.05) is 44.2 Å². The van der Waals surface area contributed by atoms with E-state index >= 15 is 0 Å². The van der Waals surface area contributed by atoms with Gasteiger partial charge in [0.1, 0.15) is 0 Å². The Kier molecular flexibility index (Phi) is 4.17. The molecule has 0 amide bonds. The molecule has 2 aliphatic heterocycles. The molecule has 3 fully saturated rings. The molecule has 1 aliphatic carbocycles. The Morgan fingerprint density at radius 3 is 2.45 bits per heavy atom. The third kappa shape index (κ3) is 3.44. The number of piperidine rings is 1. The van der Waals surface area contributed by atoms with Crippen LogP contribution < -0.4 is 10.6 Å². The van der Waals surface area contributed by atoms with Crippen molar-refractivity contribution in [2.45, 2.75) is 44.7 Å². The molecule has 0 aromatic rings. The van der Waals surface area contributed by atoms with Crippen LogP contribution in [0.2, 0.25) is 0 Å². The van der Waals surface area contributed by atoms with Gasteiger partial charge in [-0.3, -0.25) is 4.99 Å². The molecule has 2 heterocycles. The minimum atomic E-state index is 0.285. The Hall–Kier alpha value is -0.810. The van der Waals surface area contributed by atoms with E-state index in [4.69, 9.17) is 4.74 Å². The predicted octanol–water partition coefficient (Wildman–Crippen LogP) is 0.815. The topological polar surface area (TPSA) is 48.9 Å². The van der Waals surface area contributed by atoms with Crippen molar-refractivity contribution < 1.29 is 4.74 Å². The molecule has 2 saturated heterocycles. The number of guanidine groups is 1. The minimum absolute atomic E-state index is 0.285. The lowest BCUT2D eigenvalue weighted by Gasteiger charge is -2.39. The van der Waals surface area contributed by atoms with E-state index in [1.807, 2.05) is 7.05 Å². The number of nitrogens with one attached hydrogen (secondary N) is 2. The first kappa shape index (κ1) is 14.1. The van der Waals surface area contributed by atoms with Crippen molar-refractivity contribution in [3.8, 4) is 0 Å². The molecule has 0 unspecified atom stereocenters. The quantitative estimate of drug-likeness (QED) is 0.591. The zero-order valence-electron chi connectivity index (χ0n) is 12.8. The summed E-state index contributed by atoms with van der Waals surface area (Å²) in [5.41, 5.74) is 0.285. The van der Waals surface area contributed by atoms with Gasteiger partial charge < -0.3 is 20.3 Å². The Labute approximate surface area is 122 Å². The Balaban J connectivity index is 1.39. The molecule has 0 atom stereocenters. The Morgan fingerprint density at radius 1 is 1.25 bits per heavy atom. The highest BCUT2D eigenvalue weighted by molar-refractivity contribution is 5.80. The van der Waals surface area contributed by atoms with Gasteiger partial charge in [0.15, 0.2) is 5.96 Å². The summed E-state index contributed by atoms with van der Waals surface area (Å²) in [7, 11) is 1.86. The highest BCUT2D eigenvalue weighted by Gasteiger charge is 2.34. The van der Waals surface area contributed by atoms with Gasteiger partial charge in [0.2, 0.25) is 0 Å². The van der Waals surface area contributed by atoms with Crippen molar-refractivity contribution in [1.82, 2.24) is 15.5 Å². The molecule has 1 saturated carbocycles. The van der Waals surface area contributed by atoms with E-state index in [2.05, 4.69) is 27.4 Å². The second-order valence-electron chi connectivity index (χ2n) is 6.91. The summed E-state index contributed by atoms with van der Waals surface area (Å²) in [6, 6.07) is 1.48. The smallest absolute Gasteiger partial charge is 0.191 e. The number of likely N-dealkylation sites (tertiary alicyclic amines) is 1. The molecule has 20 heavy (non-hydrogen) atoms. The largest absolute Gasteiger partial charge is 0.380 e. The van der Waals surface area contributed by atoms with E-state index < -0.39 is 0 Å². The van der Waals surface area contributed by atoms with E-state index in [1.54, 1.807) is 0 Å². The summed E-state index contributed by atoms with van der Waals surface area (Å²) >= 11 is 0. The Morgan fingerprint density at radius 2 is 1.95 bits per heavy atom. The van der Waals surface area contributed by atoms with Crippen molar-refractivity contribution in [3.05, 3.63) is 0 Å². The number of hydrogen-bond acceptors (Lipinski definition) is 3. The van der Waals surface area contributed by atoms with Crippen molar-refractivity contribution in [2.24, 2.45) is 10.4 Å². The van der Waals surface area contributed by atoms with E-state index in [-0.39, 0.29) is 5.41 Å². The van der Waals surface area contributed by atoms with E-state index in [0.717, 1.165) is 31.8 Å². The number of ether oxygens (including phenoxy) is 1. The number of nitrogens with zero attached hydrogens (tertiary/aromatic N) is 2. The monoisotopic (exact) mass is 280 g/mol. The summed E-state index contributed by atoms with van der Waals surface area (Å²) in [5.74, 6) is 0.947. The number of aliphatic imine (C=N–C) groups is 1. The Bertz CT molecular complexity index is 355. The van der Waals surface area contributed by atoms with Gasteiger partial charge in [-0.05, 0) is 25.7 Å². The van der Waals surface area contributed by atoms with Crippen molar-refractivity contribution in [2.75, 3.05) is 39.9 Å². The van der Waals surface area contributed by atoms with Crippen LogP contribution in [0.1, 0.15) is 32.6 Å². The molecule has 114 valence electrons. The normalized spacial score (nSPS) is 28.0. The zero-order valence-corrected chi connectivity index (χ0v) is 12.8. The maximum atomic E-state index is 5.29. The maximum Gasteiger partial charge on any atom is 0.191 e. The zero-order chi connectivity index (χ0) is 14.0. The minimum Gasteiger partial charge on any atom is -0.380 e. The van der Waals surface area contributed by atoms with Gasteiger partial charge >= 0.3 is 0 Å². The standard InChI is InChI=1S/C15H28N4O/c1-15(10-20-11-15)9-17-14(16-2)18-12-5-7-19(8-6-12)13-3-4-13/h12-13H,3-11H2,1-2H3,(H2,16,17,18). The molecular formula is C15H28N4O. The van der Waals surface area contributed by atoms with Crippen LogP contribution >= 0.6 is 0 Å². The summed E-state index contributed by atoms with van der Waals surface area (Å²) in [6.07, 6.45) is 5.30. The fourth-order valence-electron chi connectivity index (χ4n) is 3.09. The second-order valence-corrected chi connectivity index (χ2v) is 6.91. The lowest BCUT2D eigenvalue weighted by molar-refractivity contribution is -0.0971. The van der Waals surface area contributed by atoms with Gasteiger partial charge in [-0.15, -0.1) is 0 Å².